The van der Waals surface area contributed by atoms with Crippen molar-refractivity contribution in [3.63, 3.8) is 0 Å². The Morgan fingerprint density at radius 1 is 1.16 bits per heavy atom. The summed E-state index contributed by atoms with van der Waals surface area (Å²) in [7, 11) is 0. The fourth-order valence-corrected chi connectivity index (χ4v) is 3.36. The van der Waals surface area contributed by atoms with E-state index >= 15 is 0 Å². The molecule has 25 heavy (non-hydrogen) atoms. The SMILES string of the molecule is Cc1cccc(N2CCN(C(=O)C3CC(F)(F)CN3)CC2)c1C.Cl.Cl. The number of piperazine rings is 1. The zero-order valence-electron chi connectivity index (χ0n) is 14.4. The molecule has 2 fully saturated rings. The van der Waals surface area contributed by atoms with Crippen molar-refractivity contribution in [2.24, 2.45) is 0 Å². The number of alkyl halides is 2. The number of carbonyl (C=O) groups excluding carboxylic acids is 1. The van der Waals surface area contributed by atoms with Gasteiger partial charge in [-0.1, -0.05) is 12.1 Å². The second-order valence-electron chi connectivity index (χ2n) is 6.52. The van der Waals surface area contributed by atoms with E-state index in [4.69, 9.17) is 0 Å². The molecule has 1 aromatic rings. The molecule has 1 atom stereocenters. The third kappa shape index (κ3) is 4.74. The van der Waals surface area contributed by atoms with Gasteiger partial charge in [0, 0.05) is 38.3 Å². The predicted octanol–water partition coefficient (Wildman–Crippen LogP) is 2.79. The van der Waals surface area contributed by atoms with Gasteiger partial charge in [-0.05, 0) is 31.0 Å². The van der Waals surface area contributed by atoms with E-state index in [2.05, 4.69) is 36.2 Å². The number of rotatable bonds is 2. The zero-order valence-corrected chi connectivity index (χ0v) is 16.1. The van der Waals surface area contributed by atoms with Crippen LogP contribution in [-0.2, 0) is 4.79 Å². The minimum absolute atomic E-state index is 0. The first-order valence-corrected chi connectivity index (χ1v) is 8.08. The number of carbonyl (C=O) groups is 1. The van der Waals surface area contributed by atoms with Crippen LogP contribution in [0.25, 0.3) is 0 Å². The summed E-state index contributed by atoms with van der Waals surface area (Å²) < 4.78 is 26.5. The highest BCUT2D eigenvalue weighted by molar-refractivity contribution is 5.85. The molecular formula is C17H25Cl2F2N3O. The summed E-state index contributed by atoms with van der Waals surface area (Å²) in [6, 6.07) is 5.49. The van der Waals surface area contributed by atoms with Crippen LogP contribution in [0.3, 0.4) is 0 Å². The van der Waals surface area contributed by atoms with Gasteiger partial charge in [0.25, 0.3) is 5.92 Å². The van der Waals surface area contributed by atoms with E-state index in [0.717, 1.165) is 13.1 Å². The van der Waals surface area contributed by atoms with Crippen LogP contribution in [-0.4, -0.2) is 55.5 Å². The van der Waals surface area contributed by atoms with E-state index in [0.29, 0.717) is 13.1 Å². The molecule has 142 valence electrons. The van der Waals surface area contributed by atoms with Crippen LogP contribution < -0.4 is 10.2 Å². The molecule has 0 radical (unpaired) electrons. The minimum atomic E-state index is -2.76. The number of halogens is 4. The van der Waals surface area contributed by atoms with Crippen LogP contribution in [0, 0.1) is 13.8 Å². The Hall–Kier alpha value is -1.11. The van der Waals surface area contributed by atoms with Crippen molar-refractivity contribution < 1.29 is 13.6 Å². The van der Waals surface area contributed by atoms with E-state index in [9.17, 15) is 13.6 Å². The van der Waals surface area contributed by atoms with Gasteiger partial charge < -0.3 is 9.80 Å². The topological polar surface area (TPSA) is 35.6 Å². The molecule has 0 aliphatic carbocycles. The summed E-state index contributed by atoms with van der Waals surface area (Å²) in [4.78, 5) is 16.3. The number of benzene rings is 1. The highest BCUT2D eigenvalue weighted by atomic mass is 35.5. The Morgan fingerprint density at radius 2 is 1.80 bits per heavy atom. The largest absolute Gasteiger partial charge is 0.368 e. The van der Waals surface area contributed by atoms with Gasteiger partial charge >= 0.3 is 0 Å². The van der Waals surface area contributed by atoms with Crippen molar-refractivity contribution in [3.05, 3.63) is 29.3 Å². The Balaban J connectivity index is 0.00000156. The molecule has 2 heterocycles. The average molecular weight is 396 g/mol. The number of nitrogens with one attached hydrogen (secondary N) is 1. The highest BCUT2D eigenvalue weighted by Gasteiger charge is 2.43. The lowest BCUT2D eigenvalue weighted by molar-refractivity contribution is -0.134. The van der Waals surface area contributed by atoms with Gasteiger partial charge in [0.1, 0.15) is 0 Å². The molecule has 0 aromatic heterocycles. The van der Waals surface area contributed by atoms with Gasteiger partial charge in [0.2, 0.25) is 5.91 Å². The smallest absolute Gasteiger partial charge is 0.262 e. The van der Waals surface area contributed by atoms with Crippen molar-refractivity contribution in [3.8, 4) is 0 Å². The number of amides is 1. The lowest BCUT2D eigenvalue weighted by Gasteiger charge is -2.38. The van der Waals surface area contributed by atoms with E-state index in [1.165, 1.54) is 16.8 Å². The molecular weight excluding hydrogens is 371 g/mol. The first-order chi connectivity index (χ1) is 10.9. The standard InChI is InChI=1S/C17H23F2N3O.2ClH/c1-12-4-3-5-15(13(12)2)21-6-8-22(9-7-21)16(23)14-10-17(18,19)11-20-14;;/h3-5,14,20H,6-11H2,1-2H3;2*1H. The molecule has 8 heteroatoms. The molecule has 0 spiro atoms. The summed E-state index contributed by atoms with van der Waals surface area (Å²) >= 11 is 0. The van der Waals surface area contributed by atoms with Crippen molar-refractivity contribution in [2.45, 2.75) is 32.2 Å². The molecule has 2 aliphatic rings. The van der Waals surface area contributed by atoms with Crippen molar-refractivity contribution in [1.82, 2.24) is 10.2 Å². The molecule has 2 saturated heterocycles. The molecule has 3 rings (SSSR count). The fourth-order valence-electron chi connectivity index (χ4n) is 3.36. The minimum Gasteiger partial charge on any atom is -0.368 e. The summed E-state index contributed by atoms with van der Waals surface area (Å²) in [6.45, 7) is 6.42. The van der Waals surface area contributed by atoms with Gasteiger partial charge in [-0.3, -0.25) is 10.1 Å². The second-order valence-corrected chi connectivity index (χ2v) is 6.52. The van der Waals surface area contributed by atoms with Crippen LogP contribution in [0.4, 0.5) is 14.5 Å². The molecule has 0 saturated carbocycles. The monoisotopic (exact) mass is 395 g/mol. The van der Waals surface area contributed by atoms with Crippen molar-refractivity contribution in [1.29, 1.82) is 0 Å². The molecule has 1 unspecified atom stereocenters. The summed E-state index contributed by atoms with van der Waals surface area (Å²) in [5.41, 5.74) is 3.70. The van der Waals surface area contributed by atoms with Gasteiger partial charge in [-0.15, -0.1) is 24.8 Å². The molecule has 1 N–H and O–H groups in total. The van der Waals surface area contributed by atoms with Crippen LogP contribution >= 0.6 is 24.8 Å². The third-order valence-corrected chi connectivity index (χ3v) is 4.92. The maximum absolute atomic E-state index is 13.2. The Morgan fingerprint density at radius 3 is 2.36 bits per heavy atom. The normalized spacial score (nSPS) is 22.2. The van der Waals surface area contributed by atoms with E-state index in [-0.39, 0.29) is 37.1 Å². The molecule has 0 bridgehead atoms. The van der Waals surface area contributed by atoms with Gasteiger partial charge in [0.05, 0.1) is 12.6 Å². The molecule has 4 nitrogen and oxygen atoms in total. The first kappa shape index (κ1) is 21.9. The summed E-state index contributed by atoms with van der Waals surface area (Å²) in [5, 5.41) is 2.65. The van der Waals surface area contributed by atoms with Gasteiger partial charge in [0.15, 0.2) is 0 Å². The Labute approximate surface area is 159 Å². The van der Waals surface area contributed by atoms with E-state index in [1.54, 1.807) is 4.90 Å². The molecule has 2 aliphatic heterocycles. The lowest BCUT2D eigenvalue weighted by Crippen LogP contribution is -2.53. The maximum atomic E-state index is 13.2. The van der Waals surface area contributed by atoms with Gasteiger partial charge in [-0.2, -0.15) is 0 Å². The lowest BCUT2D eigenvalue weighted by atomic mass is 10.1. The highest BCUT2D eigenvalue weighted by Crippen LogP contribution is 2.27. The fraction of sp³-hybridized carbons (Fsp3) is 0.588. The number of hydrogen-bond donors (Lipinski definition) is 1. The summed E-state index contributed by atoms with van der Waals surface area (Å²) in [6.07, 6.45) is -0.386. The quantitative estimate of drug-likeness (QED) is 0.835. The summed E-state index contributed by atoms with van der Waals surface area (Å²) in [5.74, 6) is -2.95. The van der Waals surface area contributed by atoms with Crippen molar-refractivity contribution in [2.75, 3.05) is 37.6 Å². The number of nitrogens with zero attached hydrogens (tertiary/aromatic N) is 2. The third-order valence-electron chi connectivity index (χ3n) is 4.92. The van der Waals surface area contributed by atoms with Gasteiger partial charge in [-0.25, -0.2) is 8.78 Å². The number of hydrogen-bond acceptors (Lipinski definition) is 3. The van der Waals surface area contributed by atoms with E-state index in [1.807, 2.05) is 6.07 Å². The zero-order chi connectivity index (χ0) is 16.6. The maximum Gasteiger partial charge on any atom is 0.262 e. The molecule has 1 amide bonds. The first-order valence-electron chi connectivity index (χ1n) is 8.08. The second kappa shape index (κ2) is 8.52. The van der Waals surface area contributed by atoms with Crippen LogP contribution in [0.2, 0.25) is 0 Å². The number of anilines is 1. The number of aryl methyl sites for hydroxylation is 1. The Kier molecular flexibility index (Phi) is 7.47. The van der Waals surface area contributed by atoms with E-state index < -0.39 is 18.5 Å². The van der Waals surface area contributed by atoms with Crippen LogP contribution in [0.15, 0.2) is 18.2 Å². The Bertz CT molecular complexity index is 608. The van der Waals surface area contributed by atoms with Crippen LogP contribution in [0.5, 0.6) is 0 Å². The predicted molar refractivity (Wildman–Crippen MR) is 101 cm³/mol. The average Bonchev–Trinajstić information content (AvgIpc) is 2.90. The molecule has 1 aromatic carbocycles. The van der Waals surface area contributed by atoms with Crippen molar-refractivity contribution >= 4 is 36.4 Å². The van der Waals surface area contributed by atoms with Crippen LogP contribution in [0.1, 0.15) is 17.5 Å².